The molecule has 0 heterocycles. The molecule has 0 amide bonds. The average Bonchev–Trinajstić information content (AvgIpc) is 1.27. The standard InChI is InChI=1S/C2H4N2O3.H3N/c3-2(5)1-4(6)7;/h1,5H,3H2;1H3/b2-1-;. The first kappa shape index (κ1) is 9.85. The van der Waals surface area contributed by atoms with E-state index in [0.717, 1.165) is 0 Å². The maximum absolute atomic E-state index is 9.30. The van der Waals surface area contributed by atoms with Crippen molar-refractivity contribution < 1.29 is 10.0 Å². The third-order valence-electron chi connectivity index (χ3n) is 0.238. The largest absolute Gasteiger partial charge is 0.491 e. The quantitative estimate of drug-likeness (QED) is 0.250. The van der Waals surface area contributed by atoms with E-state index in [9.17, 15) is 10.1 Å². The Hall–Kier alpha value is -1.30. The van der Waals surface area contributed by atoms with Gasteiger partial charge in [-0.05, 0) is 0 Å². The number of nitro groups is 1. The van der Waals surface area contributed by atoms with Gasteiger partial charge in [-0.25, -0.2) is 0 Å². The smallest absolute Gasteiger partial charge is 0.293 e. The van der Waals surface area contributed by atoms with Crippen molar-refractivity contribution in [3.63, 3.8) is 0 Å². The lowest BCUT2D eigenvalue weighted by molar-refractivity contribution is -0.405. The Morgan fingerprint density at radius 2 is 2.25 bits per heavy atom. The Morgan fingerprint density at radius 3 is 2.25 bits per heavy atom. The molecule has 0 fully saturated rings. The van der Waals surface area contributed by atoms with Crippen LogP contribution in [0.1, 0.15) is 0 Å². The van der Waals surface area contributed by atoms with E-state index in [0.29, 0.717) is 6.20 Å². The fourth-order valence-electron chi connectivity index (χ4n) is 0.108. The van der Waals surface area contributed by atoms with Gasteiger partial charge in [0.25, 0.3) is 12.1 Å². The first-order valence-corrected chi connectivity index (χ1v) is 1.42. The molecule has 0 saturated carbocycles. The minimum Gasteiger partial charge on any atom is -0.491 e. The monoisotopic (exact) mass is 121 g/mol. The van der Waals surface area contributed by atoms with Gasteiger partial charge in [0.1, 0.15) is 0 Å². The highest BCUT2D eigenvalue weighted by atomic mass is 16.6. The number of nitrogens with zero attached hydrogens (tertiary/aromatic N) is 1. The first-order valence-electron chi connectivity index (χ1n) is 1.42. The van der Waals surface area contributed by atoms with Crippen LogP contribution in [0, 0.1) is 10.1 Å². The van der Waals surface area contributed by atoms with Gasteiger partial charge < -0.3 is 17.0 Å². The van der Waals surface area contributed by atoms with Gasteiger partial charge in [-0.15, -0.1) is 0 Å². The molecule has 6 nitrogen and oxygen atoms in total. The molecule has 0 aromatic heterocycles. The zero-order chi connectivity index (χ0) is 5.86. The van der Waals surface area contributed by atoms with Gasteiger partial charge in [0.15, 0.2) is 0 Å². The molecule has 48 valence electrons. The van der Waals surface area contributed by atoms with E-state index in [2.05, 4.69) is 5.73 Å². The minimum absolute atomic E-state index is 0. The lowest BCUT2D eigenvalue weighted by atomic mass is 10.9. The van der Waals surface area contributed by atoms with Crippen LogP contribution >= 0.6 is 0 Å². The molecule has 0 bridgehead atoms. The summed E-state index contributed by atoms with van der Waals surface area (Å²) in [6.45, 7) is 0. The second-order valence-corrected chi connectivity index (χ2v) is 0.839. The zero-order valence-electron chi connectivity index (χ0n) is 4.07. The number of rotatable bonds is 1. The third kappa shape index (κ3) is 8.83. The summed E-state index contributed by atoms with van der Waals surface area (Å²) in [5, 5.41) is 17.2. The van der Waals surface area contributed by atoms with E-state index in [1.165, 1.54) is 0 Å². The van der Waals surface area contributed by atoms with Crippen molar-refractivity contribution in [2.24, 2.45) is 5.73 Å². The Labute approximate surface area is 45.3 Å². The number of hydrogen-bond acceptors (Lipinski definition) is 5. The number of nitrogens with two attached hydrogens (primary N) is 1. The summed E-state index contributed by atoms with van der Waals surface area (Å²) in [5.41, 5.74) is 4.47. The summed E-state index contributed by atoms with van der Waals surface area (Å²) in [5.74, 6) is -0.787. The summed E-state index contributed by atoms with van der Waals surface area (Å²) in [6.07, 6.45) is 0.306. The summed E-state index contributed by atoms with van der Waals surface area (Å²) in [6, 6.07) is 0. The highest BCUT2D eigenvalue weighted by Gasteiger charge is 1.87. The predicted octanol–water partition coefficient (Wildman–Crippen LogP) is -0.259. The fraction of sp³-hybridized carbons (Fsp3) is 0. The summed E-state index contributed by atoms with van der Waals surface area (Å²) in [4.78, 5) is 8.46. The van der Waals surface area contributed by atoms with Crippen LogP contribution in [-0.4, -0.2) is 10.0 Å². The average molecular weight is 121 g/mol. The molecule has 0 aromatic carbocycles. The molecule has 0 atom stereocenters. The van der Waals surface area contributed by atoms with Crippen LogP contribution in [0.25, 0.3) is 0 Å². The van der Waals surface area contributed by atoms with Crippen LogP contribution in [0.3, 0.4) is 0 Å². The van der Waals surface area contributed by atoms with Crippen LogP contribution < -0.4 is 11.9 Å². The summed E-state index contributed by atoms with van der Waals surface area (Å²) < 4.78 is 0. The van der Waals surface area contributed by atoms with E-state index in [-0.39, 0.29) is 6.15 Å². The van der Waals surface area contributed by atoms with E-state index in [1.807, 2.05) is 0 Å². The van der Waals surface area contributed by atoms with Crippen LogP contribution in [-0.2, 0) is 0 Å². The molecular formula is C2H7N3O3. The first-order chi connectivity index (χ1) is 3.13. The normalized spacial score (nSPS) is 9.75. The molecule has 6 heteroatoms. The van der Waals surface area contributed by atoms with Crippen molar-refractivity contribution >= 4 is 0 Å². The van der Waals surface area contributed by atoms with Gasteiger partial charge in [0, 0.05) is 0 Å². The van der Waals surface area contributed by atoms with Crippen molar-refractivity contribution in [1.82, 2.24) is 6.15 Å². The molecule has 0 aliphatic rings. The molecule has 0 unspecified atom stereocenters. The van der Waals surface area contributed by atoms with Crippen LogP contribution in [0.15, 0.2) is 12.1 Å². The molecule has 0 aliphatic carbocycles. The van der Waals surface area contributed by atoms with E-state index >= 15 is 0 Å². The molecule has 0 rings (SSSR count). The highest BCUT2D eigenvalue weighted by molar-refractivity contribution is 4.73. The number of aliphatic hydroxyl groups excluding tert-OH is 1. The van der Waals surface area contributed by atoms with Gasteiger partial charge >= 0.3 is 0 Å². The van der Waals surface area contributed by atoms with Gasteiger partial charge in [0.05, 0.1) is 4.92 Å². The van der Waals surface area contributed by atoms with Gasteiger partial charge in [-0.3, -0.25) is 10.1 Å². The highest BCUT2D eigenvalue weighted by Crippen LogP contribution is 1.72. The maximum Gasteiger partial charge on any atom is 0.293 e. The summed E-state index contributed by atoms with van der Waals surface area (Å²) in [7, 11) is 0. The van der Waals surface area contributed by atoms with E-state index in [4.69, 9.17) is 5.11 Å². The SMILES string of the molecule is N.N/C(O)=C/[N+](=O)[O-]. The Bertz CT molecular complexity index is 105. The van der Waals surface area contributed by atoms with Crippen LogP contribution in [0.4, 0.5) is 0 Å². The Balaban J connectivity index is 0. The van der Waals surface area contributed by atoms with Crippen molar-refractivity contribution in [3.05, 3.63) is 22.2 Å². The third-order valence-corrected chi connectivity index (χ3v) is 0.238. The topological polar surface area (TPSA) is 124 Å². The maximum atomic E-state index is 9.30. The lowest BCUT2D eigenvalue weighted by Crippen LogP contribution is -1.98. The van der Waals surface area contributed by atoms with Crippen molar-refractivity contribution in [1.29, 1.82) is 0 Å². The molecule has 0 aromatic rings. The van der Waals surface area contributed by atoms with Gasteiger partial charge in [-0.1, -0.05) is 0 Å². The van der Waals surface area contributed by atoms with Crippen molar-refractivity contribution in [3.8, 4) is 0 Å². The molecule has 0 aliphatic heterocycles. The minimum atomic E-state index is -0.838. The molecular weight excluding hydrogens is 114 g/mol. The molecule has 6 N–H and O–H groups in total. The summed E-state index contributed by atoms with van der Waals surface area (Å²) >= 11 is 0. The zero-order valence-corrected chi connectivity index (χ0v) is 4.07. The van der Waals surface area contributed by atoms with Crippen LogP contribution in [0.2, 0.25) is 0 Å². The molecule has 0 saturated heterocycles. The molecule has 0 radical (unpaired) electrons. The molecule has 0 spiro atoms. The molecule has 8 heavy (non-hydrogen) atoms. The Morgan fingerprint density at radius 1 is 1.88 bits per heavy atom. The lowest BCUT2D eigenvalue weighted by Gasteiger charge is -1.78. The van der Waals surface area contributed by atoms with Gasteiger partial charge in [0.2, 0.25) is 0 Å². The van der Waals surface area contributed by atoms with E-state index in [1.54, 1.807) is 0 Å². The van der Waals surface area contributed by atoms with E-state index < -0.39 is 10.8 Å². The van der Waals surface area contributed by atoms with Gasteiger partial charge in [-0.2, -0.15) is 0 Å². The second kappa shape index (κ2) is 3.88. The predicted molar refractivity (Wildman–Crippen MR) is 26.9 cm³/mol. The Kier molecular flexibility index (Phi) is 4.77. The number of aliphatic hydroxyl groups is 1. The number of hydrogen-bond donors (Lipinski definition) is 3. The van der Waals surface area contributed by atoms with Crippen molar-refractivity contribution in [2.45, 2.75) is 0 Å². The van der Waals surface area contributed by atoms with Crippen LogP contribution in [0.5, 0.6) is 0 Å². The second-order valence-electron chi connectivity index (χ2n) is 0.839. The fourth-order valence-corrected chi connectivity index (χ4v) is 0.108. The van der Waals surface area contributed by atoms with Crippen molar-refractivity contribution in [2.75, 3.05) is 0 Å².